The Morgan fingerprint density at radius 2 is 2.05 bits per heavy atom. The molecule has 0 amide bonds. The summed E-state index contributed by atoms with van der Waals surface area (Å²) >= 11 is 3.52. The first-order valence-electron chi connectivity index (χ1n) is 6.97. The number of hydrogen-bond acceptors (Lipinski definition) is 3. The number of rotatable bonds is 4. The topological polar surface area (TPSA) is 24.5 Å². The number of ether oxygens (including phenoxy) is 1. The number of benzene rings is 1. The van der Waals surface area contributed by atoms with Crippen molar-refractivity contribution in [1.82, 2.24) is 4.90 Å². The zero-order valence-electron chi connectivity index (χ0n) is 12.0. The quantitative estimate of drug-likeness (QED) is 0.913. The van der Waals surface area contributed by atoms with Crippen LogP contribution in [0.2, 0.25) is 0 Å². The van der Waals surface area contributed by atoms with Gasteiger partial charge in [-0.15, -0.1) is 0 Å². The van der Waals surface area contributed by atoms with Gasteiger partial charge in [0, 0.05) is 23.6 Å². The van der Waals surface area contributed by atoms with E-state index >= 15 is 0 Å². The Morgan fingerprint density at radius 1 is 1.37 bits per heavy atom. The van der Waals surface area contributed by atoms with Crippen molar-refractivity contribution in [2.75, 3.05) is 32.1 Å². The van der Waals surface area contributed by atoms with Crippen LogP contribution in [0.25, 0.3) is 0 Å². The number of methoxy groups -OCH3 is 1. The molecule has 1 aromatic carbocycles. The molecule has 1 N–H and O–H groups in total. The van der Waals surface area contributed by atoms with E-state index in [0.29, 0.717) is 6.04 Å². The van der Waals surface area contributed by atoms with Crippen LogP contribution in [0.4, 0.5) is 5.69 Å². The fourth-order valence-electron chi connectivity index (χ4n) is 2.66. The van der Waals surface area contributed by atoms with Gasteiger partial charge in [-0.05, 0) is 44.0 Å². The maximum atomic E-state index is 5.49. The second-order valence-corrected chi connectivity index (χ2v) is 6.07. The molecule has 106 valence electrons. The highest BCUT2D eigenvalue weighted by atomic mass is 79.9. The number of nitrogens with zero attached hydrogens (tertiary/aromatic N) is 1. The van der Waals surface area contributed by atoms with Crippen LogP contribution >= 0.6 is 15.9 Å². The van der Waals surface area contributed by atoms with Crippen LogP contribution in [0.3, 0.4) is 0 Å². The van der Waals surface area contributed by atoms with Crippen molar-refractivity contribution in [3.8, 4) is 5.75 Å². The molecule has 2 rings (SSSR count). The van der Waals surface area contributed by atoms with Gasteiger partial charge in [0.2, 0.25) is 0 Å². The summed E-state index contributed by atoms with van der Waals surface area (Å²) in [5.74, 6) is 0.921. The van der Waals surface area contributed by atoms with Crippen LogP contribution in [0, 0.1) is 6.92 Å². The lowest BCUT2D eigenvalue weighted by molar-refractivity contribution is 0.229. The molecular weight excluding hydrogens is 304 g/mol. The van der Waals surface area contributed by atoms with Gasteiger partial charge in [-0.1, -0.05) is 22.9 Å². The van der Waals surface area contributed by atoms with Gasteiger partial charge in [-0.3, -0.25) is 0 Å². The summed E-state index contributed by atoms with van der Waals surface area (Å²) in [7, 11) is 1.73. The van der Waals surface area contributed by atoms with Crippen LogP contribution in [-0.4, -0.2) is 37.7 Å². The van der Waals surface area contributed by atoms with Crippen molar-refractivity contribution in [1.29, 1.82) is 0 Å². The molecule has 0 unspecified atom stereocenters. The predicted octanol–water partition coefficient (Wildman–Crippen LogP) is 3.66. The number of anilines is 1. The van der Waals surface area contributed by atoms with Gasteiger partial charge in [-0.2, -0.15) is 0 Å². The Bertz CT molecular complexity index is 428. The molecule has 0 atom stereocenters. The van der Waals surface area contributed by atoms with Crippen LogP contribution < -0.4 is 10.1 Å². The molecule has 1 saturated heterocycles. The summed E-state index contributed by atoms with van der Waals surface area (Å²) in [6.07, 6.45) is 2.40. The van der Waals surface area contributed by atoms with E-state index in [1.807, 2.05) is 6.07 Å². The fourth-order valence-corrected chi connectivity index (χ4v) is 3.21. The molecule has 0 aliphatic carbocycles. The molecule has 1 aliphatic heterocycles. The summed E-state index contributed by atoms with van der Waals surface area (Å²) < 4.78 is 6.55. The van der Waals surface area contributed by atoms with E-state index in [1.165, 1.54) is 31.5 Å². The van der Waals surface area contributed by atoms with Crippen molar-refractivity contribution < 1.29 is 4.74 Å². The van der Waals surface area contributed by atoms with Gasteiger partial charge >= 0.3 is 0 Å². The van der Waals surface area contributed by atoms with E-state index in [9.17, 15) is 0 Å². The summed E-state index contributed by atoms with van der Waals surface area (Å²) in [4.78, 5) is 2.50. The summed E-state index contributed by atoms with van der Waals surface area (Å²) in [6, 6.07) is 4.71. The van der Waals surface area contributed by atoms with Crippen molar-refractivity contribution in [3.63, 3.8) is 0 Å². The summed E-state index contributed by atoms with van der Waals surface area (Å²) in [5, 5.41) is 3.67. The van der Waals surface area contributed by atoms with Gasteiger partial charge < -0.3 is 15.0 Å². The second kappa shape index (κ2) is 6.62. The predicted molar refractivity (Wildman–Crippen MR) is 84.2 cm³/mol. The lowest BCUT2D eigenvalue weighted by Gasteiger charge is -2.32. The van der Waals surface area contributed by atoms with Gasteiger partial charge in [0.25, 0.3) is 0 Å². The third-order valence-electron chi connectivity index (χ3n) is 3.87. The minimum absolute atomic E-state index is 0.552. The van der Waals surface area contributed by atoms with Crippen molar-refractivity contribution >= 4 is 21.6 Å². The highest BCUT2D eigenvalue weighted by Crippen LogP contribution is 2.33. The number of aryl methyl sites for hydroxylation is 1. The maximum Gasteiger partial charge on any atom is 0.143 e. The highest BCUT2D eigenvalue weighted by Gasteiger charge is 2.19. The minimum Gasteiger partial charge on any atom is -0.495 e. The van der Waals surface area contributed by atoms with E-state index < -0.39 is 0 Å². The molecule has 0 spiro atoms. The molecule has 1 aliphatic rings. The molecule has 19 heavy (non-hydrogen) atoms. The smallest absolute Gasteiger partial charge is 0.143 e. The summed E-state index contributed by atoms with van der Waals surface area (Å²) in [5.41, 5.74) is 2.37. The van der Waals surface area contributed by atoms with Gasteiger partial charge in [0.1, 0.15) is 5.75 Å². The van der Waals surface area contributed by atoms with Crippen LogP contribution in [-0.2, 0) is 0 Å². The van der Waals surface area contributed by atoms with Crippen LogP contribution in [0.1, 0.15) is 25.3 Å². The number of hydrogen-bond donors (Lipinski definition) is 1. The largest absolute Gasteiger partial charge is 0.495 e. The first kappa shape index (κ1) is 14.7. The average Bonchev–Trinajstić information content (AvgIpc) is 2.42. The van der Waals surface area contributed by atoms with E-state index in [-0.39, 0.29) is 0 Å². The highest BCUT2D eigenvalue weighted by molar-refractivity contribution is 9.10. The lowest BCUT2D eigenvalue weighted by Crippen LogP contribution is -2.39. The molecule has 3 nitrogen and oxygen atoms in total. The van der Waals surface area contributed by atoms with Gasteiger partial charge in [0.05, 0.1) is 12.8 Å². The molecular formula is C15H23BrN2O. The minimum atomic E-state index is 0.552. The average molecular weight is 327 g/mol. The third kappa shape index (κ3) is 3.63. The number of likely N-dealkylation sites (tertiary alicyclic amines) is 1. The van der Waals surface area contributed by atoms with E-state index in [1.54, 1.807) is 7.11 Å². The molecule has 0 saturated carbocycles. The first-order chi connectivity index (χ1) is 9.13. The summed E-state index contributed by atoms with van der Waals surface area (Å²) in [6.45, 7) is 7.89. The molecule has 1 heterocycles. The first-order valence-corrected chi connectivity index (χ1v) is 7.76. The van der Waals surface area contributed by atoms with Crippen molar-refractivity contribution in [2.45, 2.75) is 32.7 Å². The zero-order valence-corrected chi connectivity index (χ0v) is 13.6. The number of halogens is 1. The second-order valence-electron chi connectivity index (χ2n) is 5.15. The molecule has 0 bridgehead atoms. The zero-order chi connectivity index (χ0) is 13.8. The maximum absolute atomic E-state index is 5.49. The van der Waals surface area contributed by atoms with E-state index in [4.69, 9.17) is 4.74 Å². The monoisotopic (exact) mass is 326 g/mol. The third-order valence-corrected chi connectivity index (χ3v) is 4.33. The van der Waals surface area contributed by atoms with Crippen molar-refractivity contribution in [3.05, 3.63) is 22.2 Å². The normalized spacial score (nSPS) is 17.5. The molecule has 1 aromatic rings. The number of piperidine rings is 1. The van der Waals surface area contributed by atoms with Crippen LogP contribution in [0.5, 0.6) is 5.75 Å². The van der Waals surface area contributed by atoms with Crippen molar-refractivity contribution in [2.24, 2.45) is 0 Å². The SMILES string of the molecule is CCN1CCC(Nc2c(C)cc(Br)cc2OC)CC1. The standard InChI is InChI=1S/C15H23BrN2O/c1-4-18-7-5-13(6-8-18)17-15-11(2)9-12(16)10-14(15)19-3/h9-10,13,17H,4-8H2,1-3H3. The van der Waals surface area contributed by atoms with E-state index in [0.717, 1.165) is 22.5 Å². The Morgan fingerprint density at radius 3 is 2.63 bits per heavy atom. The Labute approximate surface area is 124 Å². The van der Waals surface area contributed by atoms with Gasteiger partial charge in [-0.25, -0.2) is 0 Å². The molecule has 1 fully saturated rings. The molecule has 0 radical (unpaired) electrons. The Balaban J connectivity index is 2.07. The molecule has 4 heteroatoms. The Hall–Kier alpha value is -0.740. The Kier molecular flexibility index (Phi) is 5.11. The fraction of sp³-hybridized carbons (Fsp3) is 0.600. The lowest BCUT2D eigenvalue weighted by atomic mass is 10.0. The van der Waals surface area contributed by atoms with Crippen LogP contribution in [0.15, 0.2) is 16.6 Å². The van der Waals surface area contributed by atoms with Gasteiger partial charge in [0.15, 0.2) is 0 Å². The molecule has 0 aromatic heterocycles. The van der Waals surface area contributed by atoms with E-state index in [2.05, 4.69) is 46.1 Å². The number of nitrogens with one attached hydrogen (secondary N) is 1.